The lowest BCUT2D eigenvalue weighted by atomic mass is 9.75. The second kappa shape index (κ2) is 10.8. The summed E-state index contributed by atoms with van der Waals surface area (Å²) in [6.45, 7) is 0. The summed E-state index contributed by atoms with van der Waals surface area (Å²) in [4.78, 5) is 0. The number of aromatic hydroxyl groups is 2. The molecule has 7 nitrogen and oxygen atoms in total. The van der Waals surface area contributed by atoms with Crippen LogP contribution in [-0.2, 0) is 0 Å². The summed E-state index contributed by atoms with van der Waals surface area (Å²) < 4.78 is 22.8. The molecule has 0 amide bonds. The monoisotopic (exact) mass is 528 g/mol. The van der Waals surface area contributed by atoms with Gasteiger partial charge in [0, 0.05) is 35.4 Å². The summed E-state index contributed by atoms with van der Waals surface area (Å²) in [5.74, 6) is 1.82. The first-order valence-electron chi connectivity index (χ1n) is 12.6. The van der Waals surface area contributed by atoms with Crippen LogP contribution in [0.5, 0.6) is 34.5 Å². The van der Waals surface area contributed by atoms with Crippen molar-refractivity contribution in [3.05, 3.63) is 107 Å². The van der Waals surface area contributed by atoms with Gasteiger partial charge in [-0.05, 0) is 64.7 Å². The van der Waals surface area contributed by atoms with Gasteiger partial charge >= 0.3 is 0 Å². The lowest BCUT2D eigenvalue weighted by Crippen LogP contribution is -2.18. The second-order valence-electron chi connectivity index (χ2n) is 9.64. The highest BCUT2D eigenvalue weighted by molar-refractivity contribution is 5.61. The van der Waals surface area contributed by atoms with Crippen molar-refractivity contribution < 1.29 is 34.3 Å². The Morgan fingerprint density at radius 2 is 1.15 bits per heavy atom. The highest BCUT2D eigenvalue weighted by Gasteiger charge is 2.48. The Kier molecular flexibility index (Phi) is 7.26. The minimum Gasteiger partial charge on any atom is -0.508 e. The standard InChI is InChI=1S/C32H32O7/c1-36-23-13-20(14-24(15-23)37-2)29-28(18-5-9-21(33)10-6-18)30-26(16-25(38-3)17-27(30)39-4)31(29)32(35)19-7-11-22(34)12-8-19/h5-17,28-29,31-35H,1-4H3/t28-,29-,31-,32+/m1/s1. The van der Waals surface area contributed by atoms with Crippen LogP contribution in [0.3, 0.4) is 0 Å². The van der Waals surface area contributed by atoms with Gasteiger partial charge in [-0.2, -0.15) is 0 Å². The number of phenolic OH excluding ortho intramolecular Hbond substituents is 2. The number of fused-ring (bicyclic) bond motifs is 1. The van der Waals surface area contributed by atoms with E-state index in [1.165, 1.54) is 0 Å². The molecule has 0 heterocycles. The quantitative estimate of drug-likeness (QED) is 0.263. The number of hydrogen-bond acceptors (Lipinski definition) is 7. The summed E-state index contributed by atoms with van der Waals surface area (Å²) in [6, 6.07) is 23.3. The number of phenols is 2. The molecule has 0 spiro atoms. The molecule has 0 unspecified atom stereocenters. The third-order valence-electron chi connectivity index (χ3n) is 7.60. The van der Waals surface area contributed by atoms with Crippen LogP contribution in [0.2, 0.25) is 0 Å². The van der Waals surface area contributed by atoms with Gasteiger partial charge in [-0.25, -0.2) is 0 Å². The fraction of sp³-hybridized carbons (Fsp3) is 0.250. The smallest absolute Gasteiger partial charge is 0.126 e. The number of rotatable bonds is 8. The molecule has 4 aromatic rings. The Morgan fingerprint density at radius 3 is 1.69 bits per heavy atom. The van der Waals surface area contributed by atoms with E-state index < -0.39 is 12.0 Å². The Labute approximate surface area is 227 Å². The normalized spacial score (nSPS) is 18.7. The van der Waals surface area contributed by atoms with Gasteiger partial charge in [0.15, 0.2) is 0 Å². The average Bonchev–Trinajstić information content (AvgIpc) is 3.31. The number of benzene rings is 4. The van der Waals surface area contributed by atoms with E-state index >= 15 is 0 Å². The van der Waals surface area contributed by atoms with Gasteiger partial charge in [-0.15, -0.1) is 0 Å². The zero-order valence-electron chi connectivity index (χ0n) is 22.3. The van der Waals surface area contributed by atoms with Crippen LogP contribution in [0.25, 0.3) is 0 Å². The number of aliphatic hydroxyl groups excluding tert-OH is 1. The SMILES string of the molecule is COc1cc(OC)cc([C@@H]2[C@@H](c3ccc(O)cc3)c3c(OC)cc(OC)cc3[C@H]2[C@@H](O)c2ccc(O)cc2)c1. The van der Waals surface area contributed by atoms with Crippen LogP contribution in [0, 0.1) is 0 Å². The molecule has 5 rings (SSSR count). The number of hydrogen-bond donors (Lipinski definition) is 3. The fourth-order valence-corrected chi connectivity index (χ4v) is 5.82. The molecule has 202 valence electrons. The maximum Gasteiger partial charge on any atom is 0.126 e. The molecule has 0 aromatic heterocycles. The molecule has 4 atom stereocenters. The van der Waals surface area contributed by atoms with Gasteiger partial charge in [0.2, 0.25) is 0 Å². The molecule has 0 aliphatic heterocycles. The number of aliphatic hydroxyl groups is 1. The first-order valence-corrected chi connectivity index (χ1v) is 12.6. The highest BCUT2D eigenvalue weighted by Crippen LogP contribution is 2.62. The van der Waals surface area contributed by atoms with E-state index in [2.05, 4.69) is 0 Å². The molecule has 4 aromatic carbocycles. The third-order valence-corrected chi connectivity index (χ3v) is 7.60. The second-order valence-corrected chi connectivity index (χ2v) is 9.64. The van der Waals surface area contributed by atoms with Gasteiger partial charge in [0.25, 0.3) is 0 Å². The van der Waals surface area contributed by atoms with Crippen LogP contribution < -0.4 is 18.9 Å². The summed E-state index contributed by atoms with van der Waals surface area (Å²) in [5, 5.41) is 32.0. The van der Waals surface area contributed by atoms with Crippen LogP contribution >= 0.6 is 0 Å². The van der Waals surface area contributed by atoms with Crippen molar-refractivity contribution in [2.45, 2.75) is 23.9 Å². The molecule has 0 saturated carbocycles. The molecule has 1 aliphatic carbocycles. The molecule has 3 N–H and O–H groups in total. The molecule has 0 saturated heterocycles. The topological polar surface area (TPSA) is 97.6 Å². The van der Waals surface area contributed by atoms with Crippen molar-refractivity contribution in [2.75, 3.05) is 28.4 Å². The van der Waals surface area contributed by atoms with E-state index in [9.17, 15) is 15.3 Å². The number of ether oxygens (including phenoxy) is 4. The van der Waals surface area contributed by atoms with Gasteiger partial charge < -0.3 is 34.3 Å². The highest BCUT2D eigenvalue weighted by atomic mass is 16.5. The zero-order valence-corrected chi connectivity index (χ0v) is 22.3. The average molecular weight is 529 g/mol. The first-order chi connectivity index (χ1) is 18.9. The first kappa shape index (κ1) is 26.3. The van der Waals surface area contributed by atoms with E-state index in [1.54, 1.807) is 64.8 Å². The van der Waals surface area contributed by atoms with E-state index in [1.807, 2.05) is 42.5 Å². The maximum atomic E-state index is 12.0. The van der Waals surface area contributed by atoms with E-state index in [-0.39, 0.29) is 23.3 Å². The van der Waals surface area contributed by atoms with Crippen LogP contribution in [-0.4, -0.2) is 43.8 Å². The Balaban J connectivity index is 1.82. The lowest BCUT2D eigenvalue weighted by molar-refractivity contribution is 0.134. The minimum atomic E-state index is -0.939. The lowest BCUT2D eigenvalue weighted by Gasteiger charge is -2.30. The fourth-order valence-electron chi connectivity index (χ4n) is 5.82. The van der Waals surface area contributed by atoms with Gasteiger partial charge in [-0.1, -0.05) is 24.3 Å². The summed E-state index contributed by atoms with van der Waals surface area (Å²) in [5.41, 5.74) is 4.33. The Hall–Kier alpha value is -4.36. The molecule has 0 bridgehead atoms. The van der Waals surface area contributed by atoms with Crippen molar-refractivity contribution in [2.24, 2.45) is 0 Å². The Morgan fingerprint density at radius 1 is 0.615 bits per heavy atom. The van der Waals surface area contributed by atoms with Crippen LogP contribution in [0.15, 0.2) is 78.9 Å². The summed E-state index contributed by atoms with van der Waals surface area (Å²) in [6.07, 6.45) is -0.939. The summed E-state index contributed by atoms with van der Waals surface area (Å²) >= 11 is 0. The number of methoxy groups -OCH3 is 4. The van der Waals surface area contributed by atoms with Crippen molar-refractivity contribution in [3.63, 3.8) is 0 Å². The third kappa shape index (κ3) is 4.81. The minimum absolute atomic E-state index is 0.122. The predicted molar refractivity (Wildman–Crippen MR) is 148 cm³/mol. The van der Waals surface area contributed by atoms with E-state index in [0.717, 1.165) is 22.3 Å². The molecule has 39 heavy (non-hydrogen) atoms. The zero-order chi connectivity index (χ0) is 27.7. The van der Waals surface area contributed by atoms with Crippen molar-refractivity contribution >= 4 is 0 Å². The Bertz CT molecular complexity index is 1420. The van der Waals surface area contributed by atoms with Gasteiger partial charge in [-0.3, -0.25) is 0 Å². The molecular weight excluding hydrogens is 496 g/mol. The summed E-state index contributed by atoms with van der Waals surface area (Å²) in [7, 11) is 6.44. The molecule has 7 heteroatoms. The van der Waals surface area contributed by atoms with Crippen LogP contribution in [0.1, 0.15) is 51.7 Å². The van der Waals surface area contributed by atoms with Gasteiger partial charge in [0.05, 0.1) is 34.5 Å². The molecule has 0 radical (unpaired) electrons. The van der Waals surface area contributed by atoms with E-state index in [0.29, 0.717) is 28.6 Å². The van der Waals surface area contributed by atoms with Crippen molar-refractivity contribution in [1.29, 1.82) is 0 Å². The van der Waals surface area contributed by atoms with E-state index in [4.69, 9.17) is 18.9 Å². The van der Waals surface area contributed by atoms with Crippen molar-refractivity contribution in [1.82, 2.24) is 0 Å². The van der Waals surface area contributed by atoms with Crippen molar-refractivity contribution in [3.8, 4) is 34.5 Å². The maximum absolute atomic E-state index is 12.0. The molecule has 0 fully saturated rings. The van der Waals surface area contributed by atoms with Crippen LogP contribution in [0.4, 0.5) is 0 Å². The largest absolute Gasteiger partial charge is 0.508 e. The van der Waals surface area contributed by atoms with Gasteiger partial charge in [0.1, 0.15) is 34.5 Å². The molecular formula is C32H32O7. The molecule has 1 aliphatic rings. The predicted octanol–water partition coefficient (Wildman–Crippen LogP) is 5.88.